The summed E-state index contributed by atoms with van der Waals surface area (Å²) in [5.41, 5.74) is 1.83. The molecule has 0 unspecified atom stereocenters. The molecule has 0 fully saturated rings. The van der Waals surface area contributed by atoms with Crippen molar-refractivity contribution in [3.63, 3.8) is 0 Å². The van der Waals surface area contributed by atoms with Crippen LogP contribution >= 0.6 is 0 Å². The Bertz CT molecular complexity index is 493. The van der Waals surface area contributed by atoms with E-state index in [-0.39, 0.29) is 18.2 Å². The van der Waals surface area contributed by atoms with Crippen LogP contribution in [0.1, 0.15) is 40.5 Å². The second-order valence-corrected chi connectivity index (χ2v) is 5.98. The van der Waals surface area contributed by atoms with Gasteiger partial charge in [-0.25, -0.2) is 0 Å². The van der Waals surface area contributed by atoms with Crippen molar-refractivity contribution >= 4 is 23.2 Å². The normalized spacial score (nSPS) is 10.5. The van der Waals surface area contributed by atoms with Crippen LogP contribution in [0.25, 0.3) is 0 Å². The van der Waals surface area contributed by atoms with Crippen LogP contribution in [-0.2, 0) is 9.59 Å². The first-order valence-electron chi connectivity index (χ1n) is 8.37. The highest BCUT2D eigenvalue weighted by atomic mass is 16.2. The fourth-order valence-corrected chi connectivity index (χ4v) is 2.26. The van der Waals surface area contributed by atoms with Gasteiger partial charge in [0.05, 0.1) is 0 Å². The molecule has 0 saturated carbocycles. The van der Waals surface area contributed by atoms with Crippen molar-refractivity contribution in [1.29, 1.82) is 0 Å². The number of nitrogens with zero attached hydrogens (tertiary/aromatic N) is 1. The third-order valence-corrected chi connectivity index (χ3v) is 3.64. The maximum Gasteiger partial charge on any atom is 0.233 e. The fraction of sp³-hybridized carbons (Fsp3) is 0.556. The summed E-state index contributed by atoms with van der Waals surface area (Å²) < 4.78 is 0. The van der Waals surface area contributed by atoms with E-state index < -0.39 is 0 Å². The molecular weight excluding hydrogens is 290 g/mol. The molecule has 0 spiro atoms. The molecule has 5 nitrogen and oxygen atoms in total. The Morgan fingerprint density at radius 2 is 1.65 bits per heavy atom. The Labute approximate surface area is 139 Å². The number of amides is 2. The Morgan fingerprint density at radius 3 is 2.17 bits per heavy atom. The van der Waals surface area contributed by atoms with Gasteiger partial charge in [0.1, 0.15) is 6.42 Å². The van der Waals surface area contributed by atoms with Crippen molar-refractivity contribution in [3.8, 4) is 0 Å². The van der Waals surface area contributed by atoms with Crippen LogP contribution in [0.4, 0.5) is 11.4 Å². The molecule has 0 heterocycles. The first-order valence-corrected chi connectivity index (χ1v) is 8.37. The van der Waals surface area contributed by atoms with Crippen molar-refractivity contribution in [1.82, 2.24) is 5.32 Å². The number of rotatable bonds is 9. The smallest absolute Gasteiger partial charge is 0.233 e. The third-order valence-electron chi connectivity index (χ3n) is 3.64. The predicted octanol–water partition coefficient (Wildman–Crippen LogP) is 3.02. The first kappa shape index (κ1) is 19.0. The van der Waals surface area contributed by atoms with E-state index in [0.717, 1.165) is 25.2 Å². The number of hydrogen-bond donors (Lipinski definition) is 2. The molecule has 2 N–H and O–H groups in total. The number of carbonyl (C=O) groups is 2. The summed E-state index contributed by atoms with van der Waals surface area (Å²) in [4.78, 5) is 25.8. The summed E-state index contributed by atoms with van der Waals surface area (Å²) in [5, 5.41) is 5.52. The molecule has 5 heteroatoms. The van der Waals surface area contributed by atoms with Crippen molar-refractivity contribution in [3.05, 3.63) is 24.3 Å². The standard InChI is InChI=1S/C18H29N3O2/c1-5-21(6-2)16-9-7-15(8-10-16)20-18(23)13-17(22)19-12-11-14(3)4/h7-10,14H,5-6,11-13H2,1-4H3,(H,19,22)(H,20,23). The van der Waals surface area contributed by atoms with Gasteiger partial charge in [0.15, 0.2) is 0 Å². The van der Waals surface area contributed by atoms with Gasteiger partial charge in [-0.1, -0.05) is 13.8 Å². The van der Waals surface area contributed by atoms with Crippen molar-refractivity contribution < 1.29 is 9.59 Å². The number of nitrogens with one attached hydrogen (secondary N) is 2. The molecule has 1 rings (SSSR count). The van der Waals surface area contributed by atoms with Crippen LogP contribution < -0.4 is 15.5 Å². The van der Waals surface area contributed by atoms with Crippen LogP contribution in [0.5, 0.6) is 0 Å². The van der Waals surface area contributed by atoms with Gasteiger partial charge in [0.25, 0.3) is 0 Å². The number of benzene rings is 1. The largest absolute Gasteiger partial charge is 0.372 e. The predicted molar refractivity (Wildman–Crippen MR) is 95.7 cm³/mol. The van der Waals surface area contributed by atoms with E-state index in [0.29, 0.717) is 18.2 Å². The van der Waals surface area contributed by atoms with Gasteiger partial charge in [-0.15, -0.1) is 0 Å². The van der Waals surface area contributed by atoms with Gasteiger partial charge >= 0.3 is 0 Å². The minimum atomic E-state index is -0.289. The van der Waals surface area contributed by atoms with Crippen molar-refractivity contribution in [2.45, 2.75) is 40.5 Å². The molecule has 0 aliphatic rings. The number of carbonyl (C=O) groups excluding carboxylic acids is 2. The molecule has 0 saturated heterocycles. The molecule has 0 radical (unpaired) electrons. The minimum absolute atomic E-state index is 0.143. The van der Waals surface area contributed by atoms with Gasteiger partial charge in [-0.2, -0.15) is 0 Å². The van der Waals surface area contributed by atoms with Crippen LogP contribution in [-0.4, -0.2) is 31.4 Å². The number of anilines is 2. The second kappa shape index (κ2) is 9.87. The van der Waals surface area contributed by atoms with Gasteiger partial charge < -0.3 is 15.5 Å². The maximum atomic E-state index is 11.9. The molecule has 1 aromatic rings. The summed E-state index contributed by atoms with van der Waals surface area (Å²) in [6, 6.07) is 7.68. The van der Waals surface area contributed by atoms with E-state index in [9.17, 15) is 9.59 Å². The van der Waals surface area contributed by atoms with Crippen LogP contribution in [0.3, 0.4) is 0 Å². The molecule has 0 aliphatic heterocycles. The lowest BCUT2D eigenvalue weighted by Crippen LogP contribution is -2.29. The van der Waals surface area contributed by atoms with E-state index in [4.69, 9.17) is 0 Å². The molecule has 2 amide bonds. The molecule has 0 bridgehead atoms. The monoisotopic (exact) mass is 319 g/mol. The van der Waals surface area contributed by atoms with E-state index in [1.807, 2.05) is 24.3 Å². The SMILES string of the molecule is CCN(CC)c1ccc(NC(=O)CC(=O)NCCC(C)C)cc1. The molecule has 0 aromatic heterocycles. The zero-order valence-corrected chi connectivity index (χ0v) is 14.7. The number of hydrogen-bond acceptors (Lipinski definition) is 3. The summed E-state index contributed by atoms with van der Waals surface area (Å²) in [6.07, 6.45) is 0.774. The second-order valence-electron chi connectivity index (χ2n) is 5.98. The van der Waals surface area contributed by atoms with E-state index in [2.05, 4.69) is 43.2 Å². The average molecular weight is 319 g/mol. The lowest BCUT2D eigenvalue weighted by atomic mass is 10.1. The Kier molecular flexibility index (Phi) is 8.16. The summed E-state index contributed by atoms with van der Waals surface area (Å²) >= 11 is 0. The molecule has 128 valence electrons. The first-order chi connectivity index (χ1) is 11.0. The summed E-state index contributed by atoms with van der Waals surface area (Å²) in [6.45, 7) is 10.9. The highest BCUT2D eigenvalue weighted by molar-refractivity contribution is 6.03. The summed E-state index contributed by atoms with van der Waals surface area (Å²) in [5.74, 6) is 0.0130. The maximum absolute atomic E-state index is 11.9. The zero-order valence-electron chi connectivity index (χ0n) is 14.7. The van der Waals surface area contributed by atoms with Gasteiger partial charge in [0.2, 0.25) is 11.8 Å². The van der Waals surface area contributed by atoms with Crippen LogP contribution in [0, 0.1) is 5.92 Å². The van der Waals surface area contributed by atoms with E-state index >= 15 is 0 Å². The average Bonchev–Trinajstić information content (AvgIpc) is 2.49. The van der Waals surface area contributed by atoms with Crippen molar-refractivity contribution in [2.24, 2.45) is 5.92 Å². The fourth-order valence-electron chi connectivity index (χ4n) is 2.26. The molecular formula is C18H29N3O2. The van der Waals surface area contributed by atoms with Gasteiger partial charge in [-0.05, 0) is 50.5 Å². The summed E-state index contributed by atoms with van der Waals surface area (Å²) in [7, 11) is 0. The molecule has 23 heavy (non-hydrogen) atoms. The highest BCUT2D eigenvalue weighted by Gasteiger charge is 2.10. The lowest BCUT2D eigenvalue weighted by molar-refractivity contribution is -0.126. The molecule has 0 atom stereocenters. The van der Waals surface area contributed by atoms with Crippen LogP contribution in [0.2, 0.25) is 0 Å². The Hall–Kier alpha value is -2.04. The topological polar surface area (TPSA) is 61.4 Å². The zero-order chi connectivity index (χ0) is 17.2. The highest BCUT2D eigenvalue weighted by Crippen LogP contribution is 2.17. The van der Waals surface area contributed by atoms with Crippen molar-refractivity contribution in [2.75, 3.05) is 29.9 Å². The Morgan fingerprint density at radius 1 is 1.04 bits per heavy atom. The lowest BCUT2D eigenvalue weighted by Gasteiger charge is -2.21. The molecule has 1 aromatic carbocycles. The van der Waals surface area contributed by atoms with E-state index in [1.54, 1.807) is 0 Å². The molecule has 0 aliphatic carbocycles. The minimum Gasteiger partial charge on any atom is -0.372 e. The van der Waals surface area contributed by atoms with Crippen LogP contribution in [0.15, 0.2) is 24.3 Å². The van der Waals surface area contributed by atoms with Gasteiger partial charge in [0, 0.05) is 31.0 Å². The van der Waals surface area contributed by atoms with E-state index in [1.165, 1.54) is 0 Å². The van der Waals surface area contributed by atoms with Gasteiger partial charge in [-0.3, -0.25) is 9.59 Å². The Balaban J connectivity index is 2.43. The third kappa shape index (κ3) is 7.17. The quantitative estimate of drug-likeness (QED) is 0.688.